The second kappa shape index (κ2) is 4.78. The number of piperidine rings is 1. The van der Waals surface area contributed by atoms with Gasteiger partial charge in [-0.2, -0.15) is 5.10 Å². The smallest absolute Gasteiger partial charge is 0.198 e. The van der Waals surface area contributed by atoms with Crippen LogP contribution in [0.1, 0.15) is 44.3 Å². The van der Waals surface area contributed by atoms with Crippen LogP contribution in [-0.2, 0) is 13.7 Å². The molecule has 1 aliphatic carbocycles. The fraction of sp³-hybridized carbons (Fsp3) is 0.846. The predicted molar refractivity (Wildman–Crippen MR) is 74.0 cm³/mol. The van der Waals surface area contributed by atoms with E-state index in [9.17, 15) is 0 Å². The van der Waals surface area contributed by atoms with Crippen LogP contribution < -0.4 is 0 Å². The zero-order valence-corrected chi connectivity index (χ0v) is 12.1. The lowest BCUT2D eigenvalue weighted by molar-refractivity contribution is 0.137. The minimum absolute atomic E-state index is 0.665. The fourth-order valence-electron chi connectivity index (χ4n) is 2.90. The van der Waals surface area contributed by atoms with E-state index in [0.717, 1.165) is 17.4 Å². The number of rotatable bonds is 3. The van der Waals surface area contributed by atoms with Crippen LogP contribution in [0.15, 0.2) is 0 Å². The van der Waals surface area contributed by atoms with Gasteiger partial charge in [-0.25, -0.2) is 4.68 Å². The quantitative estimate of drug-likeness (QED) is 0.786. The van der Waals surface area contributed by atoms with Crippen LogP contribution in [0, 0.1) is 10.7 Å². The van der Waals surface area contributed by atoms with Crippen LogP contribution in [0.4, 0.5) is 0 Å². The summed E-state index contributed by atoms with van der Waals surface area (Å²) in [5.41, 5.74) is 0. The van der Waals surface area contributed by atoms with Crippen molar-refractivity contribution in [2.75, 3.05) is 13.1 Å². The van der Waals surface area contributed by atoms with Crippen LogP contribution in [-0.4, -0.2) is 32.3 Å². The average Bonchev–Trinajstić information content (AvgIpc) is 3.13. The first-order valence-corrected chi connectivity index (χ1v) is 7.42. The summed E-state index contributed by atoms with van der Waals surface area (Å²) in [5, 5.41) is 4.72. The molecule has 1 atom stereocenters. The van der Waals surface area contributed by atoms with Gasteiger partial charge in [0.25, 0.3) is 0 Å². The van der Waals surface area contributed by atoms with Crippen LogP contribution in [0.25, 0.3) is 0 Å². The highest BCUT2D eigenvalue weighted by molar-refractivity contribution is 7.71. The molecular formula is C13H22N4S. The molecule has 0 N–H and O–H groups in total. The highest BCUT2D eigenvalue weighted by atomic mass is 32.1. The third-order valence-corrected chi connectivity index (χ3v) is 4.58. The Kier molecular flexibility index (Phi) is 3.28. The molecule has 1 aromatic rings. The van der Waals surface area contributed by atoms with E-state index in [-0.39, 0.29) is 0 Å². The zero-order valence-electron chi connectivity index (χ0n) is 11.3. The van der Waals surface area contributed by atoms with Crippen molar-refractivity contribution in [1.29, 1.82) is 0 Å². The maximum absolute atomic E-state index is 5.50. The van der Waals surface area contributed by atoms with Crippen LogP contribution in [0.2, 0.25) is 0 Å². The van der Waals surface area contributed by atoms with Gasteiger partial charge in [0.2, 0.25) is 0 Å². The van der Waals surface area contributed by atoms with Crippen molar-refractivity contribution in [2.24, 2.45) is 13.0 Å². The second-order valence-electron chi connectivity index (χ2n) is 5.94. The van der Waals surface area contributed by atoms with Crippen molar-refractivity contribution in [1.82, 2.24) is 19.2 Å². The molecule has 0 spiro atoms. The number of nitrogens with zero attached hydrogens (tertiary/aromatic N) is 4. The van der Waals surface area contributed by atoms with Gasteiger partial charge < -0.3 is 4.57 Å². The number of hydrogen-bond donors (Lipinski definition) is 0. The molecule has 100 valence electrons. The average molecular weight is 266 g/mol. The summed E-state index contributed by atoms with van der Waals surface area (Å²) in [5.74, 6) is 2.66. The lowest BCUT2D eigenvalue weighted by Gasteiger charge is -2.30. The van der Waals surface area contributed by atoms with Gasteiger partial charge in [-0.1, -0.05) is 6.92 Å². The molecule has 0 amide bonds. The summed E-state index contributed by atoms with van der Waals surface area (Å²) in [6, 6.07) is 0. The molecule has 4 nitrogen and oxygen atoms in total. The van der Waals surface area contributed by atoms with E-state index in [1.165, 1.54) is 44.6 Å². The molecule has 1 aliphatic heterocycles. The van der Waals surface area contributed by atoms with E-state index in [1.807, 2.05) is 4.68 Å². The van der Waals surface area contributed by atoms with E-state index in [0.29, 0.717) is 5.92 Å². The molecular weight excluding hydrogens is 244 g/mol. The van der Waals surface area contributed by atoms with Crippen molar-refractivity contribution >= 4 is 12.2 Å². The van der Waals surface area contributed by atoms with Gasteiger partial charge in [-0.15, -0.1) is 0 Å². The molecule has 0 bridgehead atoms. The molecule has 18 heavy (non-hydrogen) atoms. The van der Waals surface area contributed by atoms with E-state index >= 15 is 0 Å². The monoisotopic (exact) mass is 266 g/mol. The minimum Gasteiger partial charge on any atom is -0.307 e. The summed E-state index contributed by atoms with van der Waals surface area (Å²) in [7, 11) is 2.05. The molecule has 2 heterocycles. The Balaban J connectivity index is 1.76. The Morgan fingerprint density at radius 1 is 1.33 bits per heavy atom. The van der Waals surface area contributed by atoms with Crippen molar-refractivity contribution in [3.63, 3.8) is 0 Å². The summed E-state index contributed by atoms with van der Waals surface area (Å²) in [6.07, 6.45) is 5.22. The van der Waals surface area contributed by atoms with Gasteiger partial charge >= 0.3 is 0 Å². The first kappa shape index (κ1) is 12.4. The molecule has 1 saturated carbocycles. The van der Waals surface area contributed by atoms with Gasteiger partial charge in [0, 0.05) is 19.5 Å². The molecule has 0 radical (unpaired) electrons. The normalized spacial score (nSPS) is 25.6. The lowest BCUT2D eigenvalue weighted by Crippen LogP contribution is -2.36. The molecule has 1 aromatic heterocycles. The number of aromatic nitrogens is 3. The van der Waals surface area contributed by atoms with Gasteiger partial charge in [0.05, 0.1) is 6.67 Å². The highest BCUT2D eigenvalue weighted by Gasteiger charge is 2.29. The Bertz CT molecular complexity index is 486. The summed E-state index contributed by atoms with van der Waals surface area (Å²) < 4.78 is 4.98. The van der Waals surface area contributed by atoms with Gasteiger partial charge in [-0.05, 0) is 50.4 Å². The molecule has 1 unspecified atom stereocenters. The summed E-state index contributed by atoms with van der Waals surface area (Å²) in [6.45, 7) is 5.56. The molecule has 2 aliphatic rings. The maximum atomic E-state index is 5.50. The van der Waals surface area contributed by atoms with Crippen molar-refractivity contribution in [3.05, 3.63) is 10.6 Å². The molecule has 1 saturated heterocycles. The van der Waals surface area contributed by atoms with Crippen molar-refractivity contribution < 1.29 is 0 Å². The van der Waals surface area contributed by atoms with Gasteiger partial charge in [-0.3, -0.25) is 4.90 Å². The highest BCUT2D eigenvalue weighted by Crippen LogP contribution is 2.38. The van der Waals surface area contributed by atoms with E-state index in [4.69, 9.17) is 17.3 Å². The van der Waals surface area contributed by atoms with Crippen molar-refractivity contribution in [3.8, 4) is 0 Å². The largest absolute Gasteiger partial charge is 0.307 e. The standard InChI is InChI=1S/C13H22N4S/c1-10-4-3-7-16(8-10)9-17-13(18)15(2)12(14-17)11-5-6-11/h10-11H,3-9H2,1-2H3. The van der Waals surface area contributed by atoms with E-state index in [2.05, 4.69) is 23.4 Å². The molecule has 5 heteroatoms. The Labute approximate surface area is 114 Å². The van der Waals surface area contributed by atoms with Crippen LogP contribution in [0.3, 0.4) is 0 Å². The first-order chi connectivity index (χ1) is 8.65. The first-order valence-electron chi connectivity index (χ1n) is 7.01. The molecule has 2 fully saturated rings. The van der Waals surface area contributed by atoms with Crippen LogP contribution in [0.5, 0.6) is 0 Å². The lowest BCUT2D eigenvalue weighted by atomic mass is 10.0. The van der Waals surface area contributed by atoms with E-state index in [1.54, 1.807) is 0 Å². The molecule has 3 rings (SSSR count). The fourth-order valence-corrected chi connectivity index (χ4v) is 3.09. The summed E-state index contributed by atoms with van der Waals surface area (Å²) in [4.78, 5) is 2.48. The third-order valence-electron chi connectivity index (χ3n) is 4.09. The number of hydrogen-bond acceptors (Lipinski definition) is 3. The topological polar surface area (TPSA) is 26.0 Å². The number of likely N-dealkylation sites (tertiary alicyclic amines) is 1. The third kappa shape index (κ3) is 2.38. The van der Waals surface area contributed by atoms with Crippen molar-refractivity contribution in [2.45, 2.75) is 45.2 Å². The van der Waals surface area contributed by atoms with Gasteiger partial charge in [0.15, 0.2) is 4.77 Å². The maximum Gasteiger partial charge on any atom is 0.198 e. The van der Waals surface area contributed by atoms with E-state index < -0.39 is 0 Å². The van der Waals surface area contributed by atoms with Gasteiger partial charge in [0.1, 0.15) is 5.82 Å². The second-order valence-corrected chi connectivity index (χ2v) is 6.30. The molecule has 0 aromatic carbocycles. The Hall–Kier alpha value is -0.680. The predicted octanol–water partition coefficient (Wildman–Crippen LogP) is 2.52. The zero-order chi connectivity index (χ0) is 12.7. The Morgan fingerprint density at radius 3 is 2.78 bits per heavy atom. The minimum atomic E-state index is 0.665. The Morgan fingerprint density at radius 2 is 2.11 bits per heavy atom. The SMILES string of the molecule is CC1CCCN(Cn2nc(C3CC3)n(C)c2=S)C1. The van der Waals surface area contributed by atoms with Crippen LogP contribution >= 0.6 is 12.2 Å². The summed E-state index contributed by atoms with van der Waals surface area (Å²) >= 11 is 5.50.